The molecule has 1 atom stereocenters. The third-order valence-corrected chi connectivity index (χ3v) is 3.80. The fraction of sp³-hybridized carbons (Fsp3) is 0.500. The minimum Gasteiger partial charge on any atom is -0.407 e. The normalized spacial score (nSPS) is 17.8. The largest absolute Gasteiger partial charge is 0.407 e. The van der Waals surface area contributed by atoms with Crippen molar-refractivity contribution < 1.29 is 4.42 Å². The topological polar surface area (TPSA) is 63.0 Å². The highest BCUT2D eigenvalue weighted by Gasteiger charge is 2.21. The van der Waals surface area contributed by atoms with E-state index in [4.69, 9.17) is 4.42 Å². The van der Waals surface area contributed by atoms with Crippen molar-refractivity contribution in [2.75, 3.05) is 5.32 Å². The summed E-state index contributed by atoms with van der Waals surface area (Å²) in [5.41, 5.74) is 2.77. The Morgan fingerprint density at radius 1 is 1.29 bits per heavy atom. The molecule has 5 heteroatoms. The molecule has 0 bridgehead atoms. The molecular formula is C16H22N4O. The number of benzene rings is 1. The van der Waals surface area contributed by atoms with E-state index in [0.717, 1.165) is 12.8 Å². The van der Waals surface area contributed by atoms with E-state index in [2.05, 4.69) is 58.9 Å². The zero-order valence-corrected chi connectivity index (χ0v) is 12.6. The van der Waals surface area contributed by atoms with Crippen molar-refractivity contribution >= 4 is 6.01 Å². The maximum absolute atomic E-state index is 5.66. The molecule has 112 valence electrons. The zero-order valence-electron chi connectivity index (χ0n) is 12.6. The van der Waals surface area contributed by atoms with Gasteiger partial charge in [0.1, 0.15) is 0 Å². The van der Waals surface area contributed by atoms with Gasteiger partial charge in [-0.1, -0.05) is 43.2 Å². The Morgan fingerprint density at radius 2 is 2.14 bits per heavy atom. The third-order valence-electron chi connectivity index (χ3n) is 3.80. The molecule has 0 amide bonds. The van der Waals surface area contributed by atoms with Crippen molar-refractivity contribution in [1.82, 2.24) is 15.5 Å². The summed E-state index contributed by atoms with van der Waals surface area (Å²) in [5.74, 6) is 0.621. The van der Waals surface area contributed by atoms with Crippen LogP contribution < -0.4 is 10.6 Å². The average molecular weight is 286 g/mol. The monoisotopic (exact) mass is 286 g/mol. The predicted octanol–water partition coefficient (Wildman–Crippen LogP) is 3.06. The molecule has 1 aromatic carbocycles. The van der Waals surface area contributed by atoms with Crippen molar-refractivity contribution in [2.45, 2.75) is 51.7 Å². The van der Waals surface area contributed by atoms with E-state index in [1.165, 1.54) is 17.5 Å². The van der Waals surface area contributed by atoms with Gasteiger partial charge in [0, 0.05) is 6.04 Å². The van der Waals surface area contributed by atoms with E-state index < -0.39 is 0 Å². The number of hydrogen-bond donors (Lipinski definition) is 2. The van der Waals surface area contributed by atoms with Crippen LogP contribution >= 0.6 is 0 Å². The summed E-state index contributed by atoms with van der Waals surface area (Å²) >= 11 is 0. The molecule has 5 nitrogen and oxygen atoms in total. The predicted molar refractivity (Wildman–Crippen MR) is 82.0 cm³/mol. The van der Waals surface area contributed by atoms with Crippen molar-refractivity contribution in [3.63, 3.8) is 0 Å². The van der Waals surface area contributed by atoms with Crippen LogP contribution in [0.4, 0.5) is 6.01 Å². The lowest BCUT2D eigenvalue weighted by Gasteiger charge is -2.25. The van der Waals surface area contributed by atoms with E-state index in [9.17, 15) is 0 Å². The van der Waals surface area contributed by atoms with Crippen LogP contribution in [0.15, 0.2) is 28.7 Å². The van der Waals surface area contributed by atoms with Crippen LogP contribution in [0, 0.1) is 0 Å². The summed E-state index contributed by atoms with van der Waals surface area (Å²) in [7, 11) is 0. The quantitative estimate of drug-likeness (QED) is 0.884. The summed E-state index contributed by atoms with van der Waals surface area (Å²) in [5, 5.41) is 14.8. The van der Waals surface area contributed by atoms with Crippen molar-refractivity contribution in [3.8, 4) is 0 Å². The molecule has 0 aliphatic heterocycles. The molecule has 3 rings (SSSR count). The van der Waals surface area contributed by atoms with Crippen LogP contribution in [0.2, 0.25) is 0 Å². The molecule has 1 aliphatic rings. The van der Waals surface area contributed by atoms with Gasteiger partial charge in [-0.05, 0) is 30.4 Å². The number of anilines is 1. The second-order valence-electron chi connectivity index (χ2n) is 5.82. The fourth-order valence-electron chi connectivity index (χ4n) is 2.73. The first-order valence-corrected chi connectivity index (χ1v) is 7.62. The first kappa shape index (κ1) is 14.1. The van der Waals surface area contributed by atoms with Gasteiger partial charge in [-0.3, -0.25) is 0 Å². The van der Waals surface area contributed by atoms with Gasteiger partial charge < -0.3 is 15.1 Å². The molecule has 0 spiro atoms. The molecule has 0 fully saturated rings. The molecule has 0 saturated carbocycles. The van der Waals surface area contributed by atoms with Gasteiger partial charge in [-0.2, -0.15) is 0 Å². The highest BCUT2D eigenvalue weighted by molar-refractivity contribution is 5.37. The second-order valence-corrected chi connectivity index (χ2v) is 5.82. The number of nitrogens with one attached hydrogen (secondary N) is 2. The standard InChI is InChI=1S/C16H22N4O/c1-11(2)17-10-15-19-20-16(21-15)18-14-9-5-7-12-6-3-4-8-13(12)14/h3-4,6,8,11,14,17H,5,7,9-10H2,1-2H3,(H,18,20). The number of rotatable bonds is 5. The maximum Gasteiger partial charge on any atom is 0.315 e. The smallest absolute Gasteiger partial charge is 0.315 e. The number of aryl methyl sites for hydroxylation is 1. The first-order chi connectivity index (χ1) is 10.2. The summed E-state index contributed by atoms with van der Waals surface area (Å²) in [6, 6.07) is 9.75. The molecule has 0 saturated heterocycles. The van der Waals surface area contributed by atoms with Crippen LogP contribution in [0.1, 0.15) is 49.7 Å². The van der Waals surface area contributed by atoms with Crippen LogP contribution in [-0.2, 0) is 13.0 Å². The van der Waals surface area contributed by atoms with Crippen molar-refractivity contribution in [1.29, 1.82) is 0 Å². The molecule has 1 heterocycles. The van der Waals surface area contributed by atoms with Crippen molar-refractivity contribution in [2.24, 2.45) is 0 Å². The molecule has 0 radical (unpaired) electrons. The maximum atomic E-state index is 5.66. The van der Waals surface area contributed by atoms with Crippen LogP contribution in [0.3, 0.4) is 0 Å². The summed E-state index contributed by atoms with van der Waals surface area (Å²) in [4.78, 5) is 0. The molecule has 2 aromatic rings. The van der Waals surface area contributed by atoms with E-state index in [1.807, 2.05) is 0 Å². The van der Waals surface area contributed by atoms with E-state index >= 15 is 0 Å². The lowest BCUT2D eigenvalue weighted by Crippen LogP contribution is -2.21. The first-order valence-electron chi connectivity index (χ1n) is 7.62. The Bertz CT molecular complexity index is 593. The van der Waals surface area contributed by atoms with E-state index in [-0.39, 0.29) is 6.04 Å². The van der Waals surface area contributed by atoms with Gasteiger partial charge in [0.25, 0.3) is 0 Å². The SMILES string of the molecule is CC(C)NCc1nnc(NC2CCCc3ccccc32)o1. The van der Waals surface area contributed by atoms with Crippen LogP contribution in [0.5, 0.6) is 0 Å². The molecule has 21 heavy (non-hydrogen) atoms. The summed E-state index contributed by atoms with van der Waals surface area (Å²) in [6.07, 6.45) is 3.44. The molecule has 2 N–H and O–H groups in total. The zero-order chi connectivity index (χ0) is 14.7. The van der Waals surface area contributed by atoms with Crippen LogP contribution in [0.25, 0.3) is 0 Å². The van der Waals surface area contributed by atoms with E-state index in [0.29, 0.717) is 24.5 Å². The van der Waals surface area contributed by atoms with E-state index in [1.54, 1.807) is 0 Å². The fourth-order valence-corrected chi connectivity index (χ4v) is 2.73. The average Bonchev–Trinajstić information content (AvgIpc) is 2.93. The Morgan fingerprint density at radius 3 is 3.00 bits per heavy atom. The van der Waals surface area contributed by atoms with Crippen LogP contribution in [-0.4, -0.2) is 16.2 Å². The van der Waals surface area contributed by atoms with Gasteiger partial charge in [0.05, 0.1) is 12.6 Å². The highest BCUT2D eigenvalue weighted by Crippen LogP contribution is 2.31. The number of aromatic nitrogens is 2. The van der Waals surface area contributed by atoms with Gasteiger partial charge in [-0.15, -0.1) is 5.10 Å². The van der Waals surface area contributed by atoms with Gasteiger partial charge in [0.15, 0.2) is 0 Å². The molecule has 1 aromatic heterocycles. The van der Waals surface area contributed by atoms with Gasteiger partial charge in [-0.25, -0.2) is 0 Å². The number of nitrogens with zero attached hydrogens (tertiary/aromatic N) is 2. The molecular weight excluding hydrogens is 264 g/mol. The lowest BCUT2D eigenvalue weighted by atomic mass is 9.88. The number of hydrogen-bond acceptors (Lipinski definition) is 5. The molecule has 1 unspecified atom stereocenters. The third kappa shape index (κ3) is 3.42. The van der Waals surface area contributed by atoms with Gasteiger partial charge in [0.2, 0.25) is 5.89 Å². The van der Waals surface area contributed by atoms with Gasteiger partial charge >= 0.3 is 6.01 Å². The Hall–Kier alpha value is -1.88. The van der Waals surface area contributed by atoms with Crippen molar-refractivity contribution in [3.05, 3.63) is 41.3 Å². The Kier molecular flexibility index (Phi) is 4.20. The number of fused-ring (bicyclic) bond motifs is 1. The summed E-state index contributed by atoms with van der Waals surface area (Å²) < 4.78 is 5.66. The summed E-state index contributed by atoms with van der Waals surface area (Å²) in [6.45, 7) is 4.79. The minimum atomic E-state index is 0.265. The Labute approximate surface area is 125 Å². The molecule has 1 aliphatic carbocycles. The highest BCUT2D eigenvalue weighted by atomic mass is 16.4. The lowest BCUT2D eigenvalue weighted by molar-refractivity contribution is 0.452. The minimum absolute atomic E-state index is 0.265. The second kappa shape index (κ2) is 6.26. The Balaban J connectivity index is 1.67.